The minimum absolute atomic E-state index is 0.00928. The van der Waals surface area contributed by atoms with Crippen molar-refractivity contribution in [1.29, 1.82) is 0 Å². The third-order valence-corrected chi connectivity index (χ3v) is 5.39. The lowest BCUT2D eigenvalue weighted by Gasteiger charge is -2.45. The SMILES string of the molecule is Cc1ccc(C(=O)C2C(c3ccc(C(C)C)cc3)NC(=O)NC2(O)C(F)(F)F)cc1. The van der Waals surface area contributed by atoms with Crippen LogP contribution in [-0.2, 0) is 0 Å². The molecule has 3 rings (SSSR count). The highest BCUT2D eigenvalue weighted by molar-refractivity contribution is 6.00. The van der Waals surface area contributed by atoms with E-state index >= 15 is 0 Å². The number of carbonyl (C=O) groups excluding carboxylic acids is 2. The van der Waals surface area contributed by atoms with Crippen LogP contribution in [0.1, 0.15) is 52.9 Å². The molecular weight excluding hydrogens is 397 g/mol. The lowest BCUT2D eigenvalue weighted by atomic mass is 9.77. The van der Waals surface area contributed by atoms with Crippen LogP contribution in [0.2, 0.25) is 0 Å². The summed E-state index contributed by atoms with van der Waals surface area (Å²) in [6.07, 6.45) is -5.27. The number of amides is 2. The Morgan fingerprint density at radius 3 is 2.13 bits per heavy atom. The molecule has 1 aliphatic rings. The molecule has 3 N–H and O–H groups in total. The van der Waals surface area contributed by atoms with Crippen LogP contribution in [0.5, 0.6) is 0 Å². The number of Topliss-reactive ketones (excluding diaryl/α,β-unsaturated/α-hetero) is 1. The molecule has 0 radical (unpaired) electrons. The molecule has 3 unspecified atom stereocenters. The van der Waals surface area contributed by atoms with Crippen LogP contribution < -0.4 is 10.6 Å². The summed E-state index contributed by atoms with van der Waals surface area (Å²) in [6, 6.07) is 10.0. The second kappa shape index (κ2) is 7.75. The monoisotopic (exact) mass is 420 g/mol. The second-order valence-corrected chi connectivity index (χ2v) is 7.87. The highest BCUT2D eigenvalue weighted by Gasteiger charge is 2.66. The predicted octanol–water partition coefficient (Wildman–Crippen LogP) is 4.22. The third kappa shape index (κ3) is 3.92. The van der Waals surface area contributed by atoms with Crippen LogP contribution >= 0.6 is 0 Å². The van der Waals surface area contributed by atoms with Crippen molar-refractivity contribution < 1.29 is 27.9 Å². The summed E-state index contributed by atoms with van der Waals surface area (Å²) in [6.45, 7) is 5.71. The van der Waals surface area contributed by atoms with E-state index in [0.717, 1.165) is 11.1 Å². The molecular formula is C22H23F3N2O3. The van der Waals surface area contributed by atoms with Gasteiger partial charge in [-0.15, -0.1) is 0 Å². The number of rotatable bonds is 4. The van der Waals surface area contributed by atoms with E-state index in [-0.39, 0.29) is 11.5 Å². The Balaban J connectivity index is 2.13. The first-order valence-electron chi connectivity index (χ1n) is 9.52. The van der Waals surface area contributed by atoms with Crippen molar-refractivity contribution in [2.45, 2.75) is 44.6 Å². The first kappa shape index (κ1) is 21.8. The largest absolute Gasteiger partial charge is 0.437 e. The van der Waals surface area contributed by atoms with Gasteiger partial charge in [-0.25, -0.2) is 4.79 Å². The van der Waals surface area contributed by atoms with Gasteiger partial charge in [0.1, 0.15) is 5.92 Å². The minimum Gasteiger partial charge on any atom is -0.363 e. The van der Waals surface area contributed by atoms with Gasteiger partial charge in [0.15, 0.2) is 5.78 Å². The number of nitrogens with one attached hydrogen (secondary N) is 2. The van der Waals surface area contributed by atoms with E-state index in [4.69, 9.17) is 0 Å². The average molecular weight is 420 g/mol. The molecule has 2 aromatic rings. The zero-order valence-corrected chi connectivity index (χ0v) is 16.7. The number of aliphatic hydroxyl groups is 1. The van der Waals surface area contributed by atoms with Crippen LogP contribution in [0.4, 0.5) is 18.0 Å². The smallest absolute Gasteiger partial charge is 0.363 e. The molecule has 2 amide bonds. The fourth-order valence-corrected chi connectivity index (χ4v) is 3.60. The van der Waals surface area contributed by atoms with Crippen molar-refractivity contribution >= 4 is 11.8 Å². The summed E-state index contributed by atoms with van der Waals surface area (Å²) in [7, 11) is 0. The Kier molecular flexibility index (Phi) is 5.64. The van der Waals surface area contributed by atoms with Crippen molar-refractivity contribution in [3.8, 4) is 0 Å². The lowest BCUT2D eigenvalue weighted by molar-refractivity contribution is -0.287. The summed E-state index contributed by atoms with van der Waals surface area (Å²) in [5.41, 5.74) is -1.64. The minimum atomic E-state index is -5.27. The van der Waals surface area contributed by atoms with Crippen molar-refractivity contribution in [3.63, 3.8) is 0 Å². The second-order valence-electron chi connectivity index (χ2n) is 7.87. The molecule has 0 bridgehead atoms. The van der Waals surface area contributed by atoms with Crippen molar-refractivity contribution in [2.24, 2.45) is 5.92 Å². The van der Waals surface area contributed by atoms with Crippen molar-refractivity contribution in [2.75, 3.05) is 0 Å². The number of hydrogen-bond donors (Lipinski definition) is 3. The molecule has 3 atom stereocenters. The first-order chi connectivity index (χ1) is 13.9. The van der Waals surface area contributed by atoms with E-state index in [1.165, 1.54) is 17.4 Å². The molecule has 2 aromatic carbocycles. The van der Waals surface area contributed by atoms with E-state index in [2.05, 4.69) is 5.32 Å². The maximum atomic E-state index is 13.9. The number of urea groups is 1. The van der Waals surface area contributed by atoms with Crippen LogP contribution in [0, 0.1) is 12.8 Å². The highest BCUT2D eigenvalue weighted by atomic mass is 19.4. The topological polar surface area (TPSA) is 78.4 Å². The number of alkyl halides is 3. The number of halogens is 3. The Labute approximate surface area is 172 Å². The molecule has 0 aromatic heterocycles. The van der Waals surface area contributed by atoms with Gasteiger partial charge in [-0.2, -0.15) is 13.2 Å². The molecule has 0 spiro atoms. The number of ketones is 1. The fraction of sp³-hybridized carbons (Fsp3) is 0.364. The Morgan fingerprint density at radius 1 is 1.07 bits per heavy atom. The van der Waals surface area contributed by atoms with E-state index in [1.54, 1.807) is 43.3 Å². The number of aryl methyl sites for hydroxylation is 1. The maximum Gasteiger partial charge on any atom is 0.437 e. The van der Waals surface area contributed by atoms with Crippen LogP contribution in [0.15, 0.2) is 48.5 Å². The van der Waals surface area contributed by atoms with Gasteiger partial charge < -0.3 is 15.7 Å². The molecule has 1 aliphatic heterocycles. The normalized spacial score (nSPS) is 24.3. The predicted molar refractivity (Wildman–Crippen MR) is 105 cm³/mol. The molecule has 1 fully saturated rings. The Morgan fingerprint density at radius 2 is 1.63 bits per heavy atom. The van der Waals surface area contributed by atoms with Gasteiger partial charge in [0.25, 0.3) is 0 Å². The summed E-state index contributed by atoms with van der Waals surface area (Å²) in [4.78, 5) is 25.2. The molecule has 0 saturated carbocycles. The highest BCUT2D eigenvalue weighted by Crippen LogP contribution is 2.44. The Bertz CT molecular complexity index is 940. The van der Waals surface area contributed by atoms with Gasteiger partial charge in [0, 0.05) is 5.56 Å². The van der Waals surface area contributed by atoms with E-state index < -0.39 is 35.7 Å². The van der Waals surface area contributed by atoms with E-state index in [1.807, 2.05) is 13.8 Å². The number of carbonyl (C=O) groups is 2. The molecule has 8 heteroatoms. The van der Waals surface area contributed by atoms with Gasteiger partial charge in [0.05, 0.1) is 6.04 Å². The lowest BCUT2D eigenvalue weighted by Crippen LogP contribution is -2.72. The molecule has 5 nitrogen and oxygen atoms in total. The zero-order valence-electron chi connectivity index (χ0n) is 16.7. The van der Waals surface area contributed by atoms with Gasteiger partial charge in [0.2, 0.25) is 5.72 Å². The van der Waals surface area contributed by atoms with Gasteiger partial charge in [-0.05, 0) is 24.0 Å². The van der Waals surface area contributed by atoms with Crippen LogP contribution in [0.25, 0.3) is 0 Å². The number of hydrogen-bond acceptors (Lipinski definition) is 3. The van der Waals surface area contributed by atoms with Gasteiger partial charge in [-0.3, -0.25) is 4.79 Å². The number of benzene rings is 2. The summed E-state index contributed by atoms with van der Waals surface area (Å²) in [5, 5.41) is 14.5. The summed E-state index contributed by atoms with van der Waals surface area (Å²) < 4.78 is 41.7. The summed E-state index contributed by atoms with van der Waals surface area (Å²) >= 11 is 0. The van der Waals surface area contributed by atoms with Crippen LogP contribution in [-0.4, -0.2) is 28.8 Å². The van der Waals surface area contributed by atoms with Gasteiger partial charge >= 0.3 is 12.2 Å². The fourth-order valence-electron chi connectivity index (χ4n) is 3.60. The summed E-state index contributed by atoms with van der Waals surface area (Å²) in [5.74, 6) is -2.76. The van der Waals surface area contributed by atoms with Crippen molar-refractivity contribution in [3.05, 3.63) is 70.8 Å². The quantitative estimate of drug-likeness (QED) is 0.648. The average Bonchev–Trinajstić information content (AvgIpc) is 2.66. The van der Waals surface area contributed by atoms with E-state index in [0.29, 0.717) is 5.56 Å². The Hall–Kier alpha value is -2.87. The molecule has 160 valence electrons. The zero-order chi connectivity index (χ0) is 22.3. The standard InChI is InChI=1S/C22H23F3N2O3/c1-12(2)14-8-10-15(11-9-14)18-17(19(28)16-6-4-13(3)5-7-16)21(30,22(23,24)25)27-20(29)26-18/h4-12,17-18,30H,1-3H3,(H2,26,27,29). The third-order valence-electron chi connectivity index (χ3n) is 5.39. The molecule has 1 saturated heterocycles. The van der Waals surface area contributed by atoms with Gasteiger partial charge in [-0.1, -0.05) is 67.9 Å². The first-order valence-corrected chi connectivity index (χ1v) is 9.52. The van der Waals surface area contributed by atoms with Crippen LogP contribution in [0.3, 0.4) is 0 Å². The van der Waals surface area contributed by atoms with Crippen molar-refractivity contribution in [1.82, 2.24) is 10.6 Å². The maximum absolute atomic E-state index is 13.9. The molecule has 1 heterocycles. The molecule has 0 aliphatic carbocycles. The molecule has 30 heavy (non-hydrogen) atoms. The van der Waals surface area contributed by atoms with E-state index in [9.17, 15) is 27.9 Å².